The second-order valence-corrected chi connectivity index (χ2v) is 6.41. The van der Waals surface area contributed by atoms with Crippen molar-refractivity contribution >= 4 is 0 Å². The van der Waals surface area contributed by atoms with E-state index < -0.39 is 0 Å². The molecule has 0 amide bonds. The van der Waals surface area contributed by atoms with E-state index in [4.69, 9.17) is 0 Å². The molecule has 1 fully saturated rings. The van der Waals surface area contributed by atoms with E-state index in [1.54, 1.807) is 0 Å². The molecule has 102 valence electrons. The van der Waals surface area contributed by atoms with Crippen molar-refractivity contribution in [2.45, 2.75) is 71.4 Å². The van der Waals surface area contributed by atoms with Gasteiger partial charge in [0.2, 0.25) is 0 Å². The summed E-state index contributed by atoms with van der Waals surface area (Å²) in [6.45, 7) is 11.4. The Kier molecular flexibility index (Phi) is 5.94. The number of rotatable bonds is 6. The number of hydrogen-bond donors (Lipinski definition) is 1. The largest absolute Gasteiger partial charge is 0.311 e. The van der Waals surface area contributed by atoms with Gasteiger partial charge in [-0.25, -0.2) is 0 Å². The minimum absolute atomic E-state index is 0.241. The summed E-state index contributed by atoms with van der Waals surface area (Å²) in [7, 11) is 2.30. The van der Waals surface area contributed by atoms with Crippen LogP contribution in [0, 0.1) is 5.92 Å². The Morgan fingerprint density at radius 2 is 1.71 bits per heavy atom. The van der Waals surface area contributed by atoms with Crippen LogP contribution in [0.15, 0.2) is 0 Å². The minimum Gasteiger partial charge on any atom is -0.311 e. The van der Waals surface area contributed by atoms with Gasteiger partial charge in [-0.3, -0.25) is 0 Å². The van der Waals surface area contributed by atoms with Crippen LogP contribution in [0.25, 0.3) is 0 Å². The van der Waals surface area contributed by atoms with E-state index in [9.17, 15) is 0 Å². The summed E-state index contributed by atoms with van der Waals surface area (Å²) in [5, 5.41) is 3.57. The Morgan fingerprint density at radius 1 is 1.12 bits per heavy atom. The van der Waals surface area contributed by atoms with Crippen molar-refractivity contribution < 1.29 is 0 Å². The van der Waals surface area contributed by atoms with Crippen molar-refractivity contribution in [1.82, 2.24) is 10.2 Å². The topological polar surface area (TPSA) is 15.3 Å². The quantitative estimate of drug-likeness (QED) is 0.766. The molecule has 0 spiro atoms. The first-order valence-electron chi connectivity index (χ1n) is 7.43. The normalized spacial score (nSPS) is 26.5. The zero-order chi connectivity index (χ0) is 12.9. The van der Waals surface area contributed by atoms with Crippen LogP contribution >= 0.6 is 0 Å². The number of nitrogens with one attached hydrogen (secondary N) is 1. The van der Waals surface area contributed by atoms with Crippen LogP contribution in [0.4, 0.5) is 0 Å². The first kappa shape index (κ1) is 15.0. The van der Waals surface area contributed by atoms with Gasteiger partial charge in [0.25, 0.3) is 0 Å². The molecule has 0 bridgehead atoms. The Morgan fingerprint density at radius 3 is 2.18 bits per heavy atom. The van der Waals surface area contributed by atoms with Crippen LogP contribution in [-0.2, 0) is 0 Å². The molecule has 0 aliphatic heterocycles. The molecular formula is C15H32N2. The zero-order valence-electron chi connectivity index (χ0n) is 12.6. The molecule has 2 nitrogen and oxygen atoms in total. The van der Waals surface area contributed by atoms with E-state index in [-0.39, 0.29) is 5.54 Å². The standard InChI is InChI=1S/C15H32N2/c1-6-13-8-10-14(11-9-13)17(5)12-15(3,4)16-7-2/h13-14,16H,6-12H2,1-5H3. The van der Waals surface area contributed by atoms with Gasteiger partial charge in [0.05, 0.1) is 0 Å². The zero-order valence-corrected chi connectivity index (χ0v) is 12.6. The number of likely N-dealkylation sites (N-methyl/N-ethyl adjacent to an activating group) is 2. The molecule has 17 heavy (non-hydrogen) atoms. The number of hydrogen-bond acceptors (Lipinski definition) is 2. The van der Waals surface area contributed by atoms with Crippen LogP contribution in [0.3, 0.4) is 0 Å². The Bertz CT molecular complexity index is 205. The third-order valence-corrected chi connectivity index (χ3v) is 4.32. The van der Waals surface area contributed by atoms with Crippen LogP contribution in [-0.4, -0.2) is 36.6 Å². The molecule has 1 aliphatic rings. The second-order valence-electron chi connectivity index (χ2n) is 6.41. The minimum atomic E-state index is 0.241. The molecule has 0 aromatic rings. The predicted octanol–water partition coefficient (Wildman–Crippen LogP) is 3.28. The van der Waals surface area contributed by atoms with Crippen LogP contribution in [0.2, 0.25) is 0 Å². The van der Waals surface area contributed by atoms with Crippen molar-refractivity contribution in [3.63, 3.8) is 0 Å². The van der Waals surface area contributed by atoms with E-state index in [2.05, 4.69) is 45.0 Å². The van der Waals surface area contributed by atoms with Crippen molar-refractivity contribution in [3.8, 4) is 0 Å². The SMILES string of the molecule is CCNC(C)(C)CN(C)C1CCC(CC)CC1. The third kappa shape index (κ3) is 4.97. The van der Waals surface area contributed by atoms with Crippen molar-refractivity contribution in [2.24, 2.45) is 5.92 Å². The highest BCUT2D eigenvalue weighted by molar-refractivity contribution is 4.85. The van der Waals surface area contributed by atoms with Crippen LogP contribution in [0.1, 0.15) is 59.8 Å². The van der Waals surface area contributed by atoms with Crippen LogP contribution in [0.5, 0.6) is 0 Å². The summed E-state index contributed by atoms with van der Waals surface area (Å²) >= 11 is 0. The lowest BCUT2D eigenvalue weighted by molar-refractivity contribution is 0.132. The van der Waals surface area contributed by atoms with Gasteiger partial charge < -0.3 is 10.2 Å². The van der Waals surface area contributed by atoms with Gasteiger partial charge in [-0.2, -0.15) is 0 Å². The van der Waals surface area contributed by atoms with Gasteiger partial charge in [0.15, 0.2) is 0 Å². The fourth-order valence-electron chi connectivity index (χ4n) is 3.28. The van der Waals surface area contributed by atoms with Crippen molar-refractivity contribution in [3.05, 3.63) is 0 Å². The molecule has 1 rings (SSSR count). The maximum absolute atomic E-state index is 3.57. The Balaban J connectivity index is 2.36. The summed E-state index contributed by atoms with van der Waals surface area (Å²) in [4.78, 5) is 2.58. The molecule has 0 radical (unpaired) electrons. The van der Waals surface area contributed by atoms with Gasteiger partial charge in [-0.15, -0.1) is 0 Å². The van der Waals surface area contributed by atoms with Gasteiger partial charge in [0.1, 0.15) is 0 Å². The molecule has 1 aliphatic carbocycles. The van der Waals surface area contributed by atoms with E-state index in [1.165, 1.54) is 32.1 Å². The first-order chi connectivity index (χ1) is 7.98. The lowest BCUT2D eigenvalue weighted by Crippen LogP contribution is -2.51. The maximum Gasteiger partial charge on any atom is 0.0252 e. The lowest BCUT2D eigenvalue weighted by Gasteiger charge is -2.39. The van der Waals surface area contributed by atoms with Gasteiger partial charge in [0, 0.05) is 18.1 Å². The highest BCUT2D eigenvalue weighted by atomic mass is 15.2. The van der Waals surface area contributed by atoms with Crippen LogP contribution < -0.4 is 5.32 Å². The summed E-state index contributed by atoms with van der Waals surface area (Å²) in [5.41, 5.74) is 0.241. The molecule has 0 saturated heterocycles. The first-order valence-corrected chi connectivity index (χ1v) is 7.43. The molecular weight excluding hydrogens is 208 g/mol. The van der Waals surface area contributed by atoms with Crippen molar-refractivity contribution in [1.29, 1.82) is 0 Å². The third-order valence-electron chi connectivity index (χ3n) is 4.32. The summed E-state index contributed by atoms with van der Waals surface area (Å²) in [6.07, 6.45) is 7.05. The Hall–Kier alpha value is -0.0800. The van der Waals surface area contributed by atoms with Gasteiger partial charge >= 0.3 is 0 Å². The average molecular weight is 240 g/mol. The molecule has 2 heteroatoms. The highest BCUT2D eigenvalue weighted by Crippen LogP contribution is 2.29. The fourth-order valence-corrected chi connectivity index (χ4v) is 3.28. The smallest absolute Gasteiger partial charge is 0.0252 e. The highest BCUT2D eigenvalue weighted by Gasteiger charge is 2.26. The predicted molar refractivity (Wildman–Crippen MR) is 76.4 cm³/mol. The molecule has 0 aromatic carbocycles. The summed E-state index contributed by atoms with van der Waals surface area (Å²) in [6, 6.07) is 0.815. The van der Waals surface area contributed by atoms with Crippen molar-refractivity contribution in [2.75, 3.05) is 20.1 Å². The van der Waals surface area contributed by atoms with E-state index in [0.717, 1.165) is 25.0 Å². The molecule has 0 aromatic heterocycles. The summed E-state index contributed by atoms with van der Waals surface area (Å²) < 4.78 is 0. The van der Waals surface area contributed by atoms with E-state index in [1.807, 2.05) is 0 Å². The van der Waals surface area contributed by atoms with E-state index in [0.29, 0.717) is 0 Å². The fraction of sp³-hybridized carbons (Fsp3) is 1.00. The monoisotopic (exact) mass is 240 g/mol. The molecule has 1 N–H and O–H groups in total. The number of nitrogens with zero attached hydrogens (tertiary/aromatic N) is 1. The second kappa shape index (κ2) is 6.75. The molecule has 0 heterocycles. The summed E-state index contributed by atoms with van der Waals surface area (Å²) in [5.74, 6) is 1.00. The lowest BCUT2D eigenvalue weighted by atomic mass is 9.83. The molecule has 0 unspecified atom stereocenters. The molecule has 0 atom stereocenters. The average Bonchev–Trinajstić information content (AvgIpc) is 2.28. The van der Waals surface area contributed by atoms with Gasteiger partial charge in [-0.05, 0) is 59.0 Å². The van der Waals surface area contributed by atoms with Gasteiger partial charge in [-0.1, -0.05) is 20.3 Å². The molecule has 1 saturated carbocycles. The Labute approximate surface area is 108 Å². The van der Waals surface area contributed by atoms with E-state index >= 15 is 0 Å². The maximum atomic E-state index is 3.57.